The molecule has 0 aromatic heterocycles. The summed E-state index contributed by atoms with van der Waals surface area (Å²) in [6.45, 7) is 0.863. The minimum atomic E-state index is -0.412. The number of hydrogen-bond donors (Lipinski definition) is 0. The fourth-order valence-electron chi connectivity index (χ4n) is 3.70. The maximum Gasteiger partial charge on any atom is 0.337 e. The average molecular weight is 522 g/mol. The monoisotopic (exact) mass is 521 g/mol. The zero-order valence-electron chi connectivity index (χ0n) is 20.0. The number of thioether (sulfide) groups is 1. The molecule has 36 heavy (non-hydrogen) atoms. The molecule has 7 nitrogen and oxygen atoms in total. The van der Waals surface area contributed by atoms with Crippen LogP contribution in [0.3, 0.4) is 0 Å². The topological polar surface area (TPSA) is 90.7 Å². The number of amides is 2. The lowest BCUT2D eigenvalue weighted by Crippen LogP contribution is -2.31. The molecule has 1 fully saturated rings. The first kappa shape index (κ1) is 27.1. The van der Waals surface area contributed by atoms with Gasteiger partial charge in [-0.3, -0.25) is 14.5 Å². The van der Waals surface area contributed by atoms with Crippen LogP contribution in [-0.4, -0.2) is 47.2 Å². The Morgan fingerprint density at radius 1 is 1.11 bits per heavy atom. The Morgan fingerprint density at radius 3 is 2.50 bits per heavy atom. The standard InChI is InChI=1S/C27H27N3O4S2/c1-34-26(33)21-14-12-20(13-15-21)19-23-25(32)30(27(35)36-23)17-7-3-6-11-24(31)29(18-8-16-28)22-9-4-2-5-10-22/h2,4-5,9-10,12-15,19H,3,6-8,11,17-18H2,1H3/b23-19-. The van der Waals surface area contributed by atoms with E-state index in [1.54, 1.807) is 40.1 Å². The van der Waals surface area contributed by atoms with Crippen LogP contribution in [-0.2, 0) is 14.3 Å². The maximum atomic E-state index is 12.8. The number of hydrogen-bond acceptors (Lipinski definition) is 7. The summed E-state index contributed by atoms with van der Waals surface area (Å²) in [4.78, 5) is 41.0. The molecular formula is C27H27N3O4S2. The van der Waals surface area contributed by atoms with Gasteiger partial charge in [-0.05, 0) is 48.7 Å². The fourth-order valence-corrected chi connectivity index (χ4v) is 5.01. The normalized spacial score (nSPS) is 14.1. The quantitative estimate of drug-likeness (QED) is 0.174. The van der Waals surface area contributed by atoms with E-state index in [1.165, 1.54) is 18.9 Å². The smallest absolute Gasteiger partial charge is 0.337 e. The van der Waals surface area contributed by atoms with Crippen molar-refractivity contribution in [3.63, 3.8) is 0 Å². The molecule has 0 N–H and O–H groups in total. The molecule has 0 atom stereocenters. The van der Waals surface area contributed by atoms with E-state index in [0.29, 0.717) is 40.7 Å². The zero-order valence-corrected chi connectivity index (χ0v) is 21.6. The van der Waals surface area contributed by atoms with Gasteiger partial charge in [0.15, 0.2) is 0 Å². The molecule has 0 saturated carbocycles. The van der Waals surface area contributed by atoms with Crippen LogP contribution in [0, 0.1) is 11.3 Å². The SMILES string of the molecule is COC(=O)c1ccc(/C=C2\SC(=S)N(CCCCCC(=O)N(CCC#N)c3ccccc3)C2=O)cc1. The molecule has 1 aliphatic rings. The summed E-state index contributed by atoms with van der Waals surface area (Å²) >= 11 is 6.67. The lowest BCUT2D eigenvalue weighted by Gasteiger charge is -2.22. The molecule has 186 valence electrons. The predicted molar refractivity (Wildman–Crippen MR) is 145 cm³/mol. The van der Waals surface area contributed by atoms with Gasteiger partial charge >= 0.3 is 5.97 Å². The first-order chi connectivity index (χ1) is 17.4. The lowest BCUT2D eigenvalue weighted by molar-refractivity contribution is -0.122. The highest BCUT2D eigenvalue weighted by Crippen LogP contribution is 2.33. The van der Waals surface area contributed by atoms with Gasteiger partial charge in [0.1, 0.15) is 4.32 Å². The highest BCUT2D eigenvalue weighted by molar-refractivity contribution is 8.26. The molecular weight excluding hydrogens is 494 g/mol. The number of rotatable bonds is 11. The molecule has 3 rings (SSSR count). The summed E-state index contributed by atoms with van der Waals surface area (Å²) < 4.78 is 5.22. The van der Waals surface area contributed by atoms with Crippen molar-refractivity contribution in [2.45, 2.75) is 32.1 Å². The van der Waals surface area contributed by atoms with Crippen molar-refractivity contribution in [1.29, 1.82) is 5.26 Å². The number of methoxy groups -OCH3 is 1. The first-order valence-corrected chi connectivity index (χ1v) is 12.8. The van der Waals surface area contributed by atoms with Crippen LogP contribution in [0.4, 0.5) is 5.69 Å². The van der Waals surface area contributed by atoms with E-state index in [2.05, 4.69) is 6.07 Å². The minimum Gasteiger partial charge on any atom is -0.465 e. The van der Waals surface area contributed by atoms with Gasteiger partial charge in [0.25, 0.3) is 5.91 Å². The van der Waals surface area contributed by atoms with Gasteiger partial charge in [-0.15, -0.1) is 0 Å². The van der Waals surface area contributed by atoms with Crippen molar-refractivity contribution < 1.29 is 19.1 Å². The molecule has 1 saturated heterocycles. The second kappa shape index (κ2) is 13.6. The van der Waals surface area contributed by atoms with Crippen LogP contribution >= 0.6 is 24.0 Å². The summed E-state index contributed by atoms with van der Waals surface area (Å²) in [5.41, 5.74) is 2.03. The van der Waals surface area contributed by atoms with Gasteiger partial charge < -0.3 is 9.64 Å². The van der Waals surface area contributed by atoms with E-state index in [0.717, 1.165) is 24.1 Å². The van der Waals surface area contributed by atoms with Crippen LogP contribution in [0.1, 0.15) is 48.0 Å². The van der Waals surface area contributed by atoms with Gasteiger partial charge in [0.2, 0.25) is 5.91 Å². The Kier molecular flexibility index (Phi) is 10.2. The highest BCUT2D eigenvalue weighted by atomic mass is 32.2. The number of nitrogens with zero attached hydrogens (tertiary/aromatic N) is 3. The number of ether oxygens (including phenoxy) is 1. The van der Waals surface area contributed by atoms with E-state index in [-0.39, 0.29) is 18.2 Å². The Balaban J connectivity index is 1.48. The first-order valence-electron chi connectivity index (χ1n) is 11.6. The number of benzene rings is 2. The third-order valence-corrected chi connectivity index (χ3v) is 6.97. The van der Waals surface area contributed by atoms with E-state index in [4.69, 9.17) is 22.2 Å². The third-order valence-electron chi connectivity index (χ3n) is 5.59. The summed E-state index contributed by atoms with van der Waals surface area (Å²) in [6, 6.07) is 18.3. The van der Waals surface area contributed by atoms with Crippen molar-refractivity contribution in [3.8, 4) is 6.07 Å². The number of thiocarbonyl (C=S) groups is 1. The minimum absolute atomic E-state index is 0.0109. The molecule has 0 radical (unpaired) electrons. The molecule has 2 aromatic carbocycles. The van der Waals surface area contributed by atoms with Crippen LogP contribution in [0.25, 0.3) is 6.08 Å². The molecule has 0 aliphatic carbocycles. The molecule has 1 aliphatic heterocycles. The van der Waals surface area contributed by atoms with E-state index < -0.39 is 5.97 Å². The molecule has 0 spiro atoms. The molecule has 1 heterocycles. The number of esters is 1. The number of carbonyl (C=O) groups is 3. The van der Waals surface area contributed by atoms with Crippen molar-refractivity contribution in [3.05, 3.63) is 70.6 Å². The van der Waals surface area contributed by atoms with E-state index >= 15 is 0 Å². The second-order valence-electron chi connectivity index (χ2n) is 8.05. The maximum absolute atomic E-state index is 12.8. The predicted octanol–water partition coefficient (Wildman–Crippen LogP) is 5.18. The Hall–Kier alpha value is -3.48. The van der Waals surface area contributed by atoms with Gasteiger partial charge in [0.05, 0.1) is 30.1 Å². The average Bonchev–Trinajstić information content (AvgIpc) is 3.16. The van der Waals surface area contributed by atoms with Crippen LogP contribution in [0.2, 0.25) is 0 Å². The fraction of sp³-hybridized carbons (Fsp3) is 0.296. The van der Waals surface area contributed by atoms with E-state index in [9.17, 15) is 14.4 Å². The molecule has 2 aromatic rings. The van der Waals surface area contributed by atoms with Gasteiger partial charge in [0, 0.05) is 25.2 Å². The van der Waals surface area contributed by atoms with Gasteiger partial charge in [-0.1, -0.05) is 60.7 Å². The Bertz CT molecular complexity index is 1170. The van der Waals surface area contributed by atoms with Gasteiger partial charge in [-0.2, -0.15) is 5.26 Å². The third kappa shape index (κ3) is 7.26. The Morgan fingerprint density at radius 2 is 1.83 bits per heavy atom. The van der Waals surface area contributed by atoms with Crippen molar-refractivity contribution in [2.75, 3.05) is 25.1 Å². The largest absolute Gasteiger partial charge is 0.465 e. The molecule has 0 bridgehead atoms. The molecule has 0 unspecified atom stereocenters. The van der Waals surface area contributed by atoms with Crippen molar-refractivity contribution in [2.24, 2.45) is 0 Å². The van der Waals surface area contributed by atoms with Crippen molar-refractivity contribution >= 4 is 57.8 Å². The summed E-state index contributed by atoms with van der Waals surface area (Å²) in [5.74, 6) is -0.558. The number of carbonyl (C=O) groups excluding carboxylic acids is 3. The highest BCUT2D eigenvalue weighted by Gasteiger charge is 2.31. The summed E-state index contributed by atoms with van der Waals surface area (Å²) in [5, 5.41) is 8.92. The summed E-state index contributed by atoms with van der Waals surface area (Å²) in [6.07, 6.45) is 4.60. The second-order valence-corrected chi connectivity index (χ2v) is 9.72. The molecule has 9 heteroatoms. The number of nitriles is 1. The van der Waals surface area contributed by atoms with Crippen LogP contribution in [0.15, 0.2) is 59.5 Å². The van der Waals surface area contributed by atoms with Crippen molar-refractivity contribution in [1.82, 2.24) is 4.90 Å². The van der Waals surface area contributed by atoms with Gasteiger partial charge in [-0.25, -0.2) is 4.79 Å². The molecule has 2 amide bonds. The zero-order chi connectivity index (χ0) is 25.9. The number of anilines is 1. The Labute approximate surface area is 220 Å². The number of para-hydroxylation sites is 1. The van der Waals surface area contributed by atoms with Crippen LogP contribution < -0.4 is 4.90 Å². The summed E-state index contributed by atoms with van der Waals surface area (Å²) in [7, 11) is 1.33. The number of unbranched alkanes of at least 4 members (excludes halogenated alkanes) is 2. The van der Waals surface area contributed by atoms with Crippen LogP contribution in [0.5, 0.6) is 0 Å². The lowest BCUT2D eigenvalue weighted by atomic mass is 10.1. The van der Waals surface area contributed by atoms with E-state index in [1.807, 2.05) is 30.3 Å².